The van der Waals surface area contributed by atoms with Gasteiger partial charge < -0.3 is 0 Å². The fourth-order valence-electron chi connectivity index (χ4n) is 5.04. The van der Waals surface area contributed by atoms with Crippen LogP contribution in [-0.4, -0.2) is 36.6 Å². The van der Waals surface area contributed by atoms with Crippen LogP contribution in [0.3, 0.4) is 0 Å². The molecule has 0 unspecified atom stereocenters. The van der Waals surface area contributed by atoms with Crippen LogP contribution in [-0.2, 0) is 16.8 Å². The average molecular weight is 670 g/mol. The number of aromatic nitrogens is 6. The Hall–Kier alpha value is -5.58. The topological polar surface area (TPSA) is 77.3 Å². The zero-order valence-electron chi connectivity index (χ0n) is 24.6. The summed E-state index contributed by atoms with van der Waals surface area (Å²) in [4.78, 5) is 26.1. The Morgan fingerprint density at radius 1 is 0.298 bits per heavy atom. The van der Waals surface area contributed by atoms with Gasteiger partial charge in [0, 0.05) is 69.5 Å². The Labute approximate surface area is 277 Å². The van der Waals surface area contributed by atoms with Crippen molar-refractivity contribution in [3.8, 4) is 0 Å². The van der Waals surface area contributed by atoms with Crippen molar-refractivity contribution in [1.82, 2.24) is 29.9 Å². The van der Waals surface area contributed by atoms with E-state index in [-0.39, 0.29) is 16.8 Å². The number of hydrogen-bond acceptors (Lipinski definition) is 6. The third-order valence-corrected chi connectivity index (χ3v) is 7.03. The second-order valence-corrected chi connectivity index (χ2v) is 9.89. The van der Waals surface area contributed by atoms with Crippen LogP contribution in [0, 0.1) is 0 Å². The van der Waals surface area contributed by atoms with E-state index < -0.39 is 6.68 Å². The molecule has 0 aliphatic carbocycles. The smallest absolute Gasteiger partial charge is 0.254 e. The van der Waals surface area contributed by atoms with Crippen LogP contribution < -0.4 is 0 Å². The van der Waals surface area contributed by atoms with E-state index in [9.17, 15) is 13.2 Å². The molecule has 0 atom stereocenters. The summed E-state index contributed by atoms with van der Waals surface area (Å²) in [5, 5.41) is 6.83. The Kier molecular flexibility index (Phi) is 10.9. The van der Waals surface area contributed by atoms with Crippen LogP contribution in [0.5, 0.6) is 0 Å². The molecule has 6 nitrogen and oxygen atoms in total. The normalized spacial score (nSPS) is 10.5. The largest absolute Gasteiger partial charge is 2.00 e. The maximum Gasteiger partial charge on any atom is 2.00 e. The SMILES string of the molecule is FC(F)F.[Co+2].c1cnc2c(c1)ccc1cccnc12.c1cnc2c(c1)ccc1cccnc12.c1cnc2c(c1)ccc1cccnc12. The van der Waals surface area contributed by atoms with Gasteiger partial charge in [-0.1, -0.05) is 72.8 Å². The van der Waals surface area contributed by atoms with E-state index in [2.05, 4.69) is 103 Å². The number of rotatable bonds is 0. The molecular weight excluding hydrogens is 644 g/mol. The molecule has 0 N–H and O–H groups in total. The van der Waals surface area contributed by atoms with Gasteiger partial charge >= 0.3 is 23.5 Å². The van der Waals surface area contributed by atoms with Gasteiger partial charge in [0.25, 0.3) is 0 Å². The van der Waals surface area contributed by atoms with Crippen molar-refractivity contribution in [1.29, 1.82) is 0 Å². The van der Waals surface area contributed by atoms with Crippen LogP contribution in [0.1, 0.15) is 0 Å². The molecule has 0 bridgehead atoms. The minimum absolute atomic E-state index is 0. The molecule has 0 aliphatic rings. The molecule has 3 aromatic carbocycles. The van der Waals surface area contributed by atoms with E-state index in [1.807, 2.05) is 36.4 Å². The maximum atomic E-state index is 9.67. The predicted octanol–water partition coefficient (Wildman–Crippen LogP) is 9.52. The predicted molar refractivity (Wildman–Crippen MR) is 178 cm³/mol. The molecule has 47 heavy (non-hydrogen) atoms. The van der Waals surface area contributed by atoms with E-state index in [0.29, 0.717) is 0 Å². The third kappa shape index (κ3) is 7.81. The first-order valence-corrected chi connectivity index (χ1v) is 14.3. The standard InChI is InChI=1S/3C12H8N2.CHF3.Co/c3*1-3-9-5-6-10-4-2-8-14-12(10)11(9)13-7-1;2-1(3)4;/h3*1-8H;1H;/q;;;;+2. The first-order valence-electron chi connectivity index (χ1n) is 14.3. The van der Waals surface area contributed by atoms with E-state index >= 15 is 0 Å². The van der Waals surface area contributed by atoms with Crippen LogP contribution in [0.4, 0.5) is 13.2 Å². The van der Waals surface area contributed by atoms with Crippen molar-refractivity contribution >= 4 is 65.4 Å². The van der Waals surface area contributed by atoms with Gasteiger partial charge in [-0.2, -0.15) is 13.2 Å². The van der Waals surface area contributed by atoms with Crippen molar-refractivity contribution in [3.63, 3.8) is 0 Å². The second kappa shape index (κ2) is 15.6. The summed E-state index contributed by atoms with van der Waals surface area (Å²) in [5.74, 6) is 0. The van der Waals surface area contributed by atoms with Crippen molar-refractivity contribution in [2.24, 2.45) is 0 Å². The Balaban J connectivity index is 0.000000130. The van der Waals surface area contributed by atoms with Crippen molar-refractivity contribution in [2.75, 3.05) is 0 Å². The molecule has 0 amide bonds. The van der Waals surface area contributed by atoms with Gasteiger partial charge in [-0.25, -0.2) is 0 Å². The molecular formula is C37H25CoF3N6+2. The van der Waals surface area contributed by atoms with Gasteiger partial charge in [0.1, 0.15) is 0 Å². The summed E-state index contributed by atoms with van der Waals surface area (Å²) < 4.78 is 29.0. The van der Waals surface area contributed by atoms with Gasteiger partial charge in [0.15, 0.2) is 0 Å². The van der Waals surface area contributed by atoms with Crippen LogP contribution in [0.15, 0.2) is 146 Å². The molecule has 10 heteroatoms. The van der Waals surface area contributed by atoms with Gasteiger partial charge in [0.2, 0.25) is 0 Å². The molecule has 9 aromatic rings. The molecule has 0 aliphatic heterocycles. The fourth-order valence-corrected chi connectivity index (χ4v) is 5.04. The van der Waals surface area contributed by atoms with Crippen molar-refractivity contribution in [3.05, 3.63) is 146 Å². The summed E-state index contributed by atoms with van der Waals surface area (Å²) in [7, 11) is 0. The van der Waals surface area contributed by atoms with Crippen LogP contribution in [0.2, 0.25) is 0 Å². The number of fused-ring (bicyclic) bond motifs is 9. The van der Waals surface area contributed by atoms with Gasteiger partial charge in [-0.15, -0.1) is 0 Å². The number of pyridine rings is 6. The summed E-state index contributed by atoms with van der Waals surface area (Å²) in [6.45, 7) is -3.67. The molecule has 231 valence electrons. The van der Waals surface area contributed by atoms with E-state index in [1.54, 1.807) is 37.2 Å². The Morgan fingerprint density at radius 3 is 0.596 bits per heavy atom. The van der Waals surface area contributed by atoms with Crippen molar-refractivity contribution in [2.45, 2.75) is 6.68 Å². The first-order chi connectivity index (χ1) is 22.6. The van der Waals surface area contributed by atoms with E-state index in [1.165, 1.54) is 0 Å². The van der Waals surface area contributed by atoms with Crippen molar-refractivity contribution < 1.29 is 30.0 Å². The zero-order chi connectivity index (χ0) is 31.7. The zero-order valence-corrected chi connectivity index (χ0v) is 25.6. The monoisotopic (exact) mass is 669 g/mol. The number of halogens is 3. The summed E-state index contributed by atoms with van der Waals surface area (Å²) in [6, 6.07) is 36.4. The maximum absolute atomic E-state index is 9.67. The molecule has 0 saturated heterocycles. The minimum atomic E-state index is -3.67. The average Bonchev–Trinajstić information content (AvgIpc) is 3.12. The fraction of sp³-hybridized carbons (Fsp3) is 0.0270. The molecule has 6 heterocycles. The number of benzene rings is 3. The number of nitrogens with zero attached hydrogens (tertiary/aromatic N) is 6. The van der Waals surface area contributed by atoms with Gasteiger partial charge in [-0.05, 0) is 36.4 Å². The summed E-state index contributed by atoms with van der Waals surface area (Å²) >= 11 is 0. The molecule has 6 aromatic heterocycles. The van der Waals surface area contributed by atoms with Crippen LogP contribution in [0.25, 0.3) is 65.4 Å². The minimum Gasteiger partial charge on any atom is -0.254 e. The number of hydrogen-bond donors (Lipinski definition) is 0. The Morgan fingerprint density at radius 2 is 0.447 bits per heavy atom. The third-order valence-electron chi connectivity index (χ3n) is 7.03. The van der Waals surface area contributed by atoms with E-state index in [0.717, 1.165) is 65.4 Å². The van der Waals surface area contributed by atoms with Gasteiger partial charge in [-0.3, -0.25) is 29.9 Å². The van der Waals surface area contributed by atoms with Crippen LogP contribution >= 0.6 is 0 Å². The molecule has 1 radical (unpaired) electrons. The first kappa shape index (κ1) is 32.8. The summed E-state index contributed by atoms with van der Waals surface area (Å²) in [6.07, 6.45) is 10.8. The van der Waals surface area contributed by atoms with Gasteiger partial charge in [0.05, 0.1) is 33.1 Å². The molecule has 0 spiro atoms. The Bertz CT molecular complexity index is 1980. The summed E-state index contributed by atoms with van der Waals surface area (Å²) in [5.41, 5.74) is 5.86. The van der Waals surface area contributed by atoms with E-state index in [4.69, 9.17) is 0 Å². The quantitative estimate of drug-likeness (QED) is 0.150. The molecule has 0 saturated carbocycles. The molecule has 9 rings (SSSR count). The molecule has 0 fully saturated rings. The second-order valence-electron chi connectivity index (χ2n) is 9.89. The number of alkyl halides is 3.